The van der Waals surface area contributed by atoms with Crippen LogP contribution in [0.25, 0.3) is 0 Å². The lowest BCUT2D eigenvalue weighted by molar-refractivity contribution is -0.177. The van der Waals surface area contributed by atoms with Gasteiger partial charge in [0.25, 0.3) is 11.8 Å². The van der Waals surface area contributed by atoms with Gasteiger partial charge in [0, 0.05) is 12.8 Å². The van der Waals surface area contributed by atoms with Gasteiger partial charge in [0.1, 0.15) is 6.61 Å². The first-order chi connectivity index (χ1) is 10.1. The third-order valence-corrected chi connectivity index (χ3v) is 2.97. The first-order valence-corrected chi connectivity index (χ1v) is 6.22. The van der Waals surface area contributed by atoms with Crippen LogP contribution in [-0.4, -0.2) is 29.8 Å². The van der Waals surface area contributed by atoms with Crippen LogP contribution in [0, 0.1) is 0 Å². The Morgan fingerprint density at radius 3 is 2.62 bits per heavy atom. The van der Waals surface area contributed by atoms with Crippen molar-refractivity contribution in [1.82, 2.24) is 5.06 Å². The summed E-state index contributed by atoms with van der Waals surface area (Å²) in [7, 11) is 0. The van der Waals surface area contributed by atoms with Gasteiger partial charge in [-0.15, -0.1) is 0 Å². The molecule has 1 aromatic rings. The topological polar surface area (TPSA) is 91.4 Å². The van der Waals surface area contributed by atoms with E-state index >= 15 is 0 Å². The average molecular weight is 293 g/mol. The maximum Gasteiger partial charge on any atom is 0.534 e. The quantitative estimate of drug-likeness (QED) is 0.609. The molecule has 0 bridgehead atoms. The molecule has 1 saturated heterocycles. The Bertz CT molecular complexity index is 597. The van der Waals surface area contributed by atoms with Crippen molar-refractivity contribution < 1.29 is 33.4 Å². The lowest BCUT2D eigenvalue weighted by Crippen LogP contribution is -2.32. The standard InChI is InChI=1S/C13H11NO7/c15-11-3-4-12(16)14(11)21-13(17)18-6-8-1-2-9-10(5-8)20-7-19-9/h1-2,5H,3-4,6-7H2. The van der Waals surface area contributed by atoms with E-state index in [0.29, 0.717) is 22.1 Å². The maximum absolute atomic E-state index is 11.5. The van der Waals surface area contributed by atoms with Crippen molar-refractivity contribution in [1.29, 1.82) is 0 Å². The number of ether oxygens (including phenoxy) is 3. The van der Waals surface area contributed by atoms with Gasteiger partial charge in [-0.25, -0.2) is 4.79 Å². The summed E-state index contributed by atoms with van der Waals surface area (Å²) in [6, 6.07) is 5.06. The monoisotopic (exact) mass is 293 g/mol. The average Bonchev–Trinajstić information content (AvgIpc) is 3.06. The van der Waals surface area contributed by atoms with Crippen molar-refractivity contribution >= 4 is 18.0 Å². The molecule has 0 N–H and O–H groups in total. The summed E-state index contributed by atoms with van der Waals surface area (Å²) in [5.74, 6) is 0.0732. The molecule has 0 aromatic heterocycles. The third kappa shape index (κ3) is 2.73. The van der Waals surface area contributed by atoms with E-state index in [1.54, 1.807) is 18.2 Å². The molecule has 2 amide bonds. The summed E-state index contributed by atoms with van der Waals surface area (Å²) < 4.78 is 15.2. The molecule has 110 valence electrons. The number of amides is 2. The van der Waals surface area contributed by atoms with Gasteiger partial charge in [-0.3, -0.25) is 14.4 Å². The molecule has 0 aliphatic carbocycles. The second kappa shape index (κ2) is 5.31. The van der Waals surface area contributed by atoms with Crippen LogP contribution in [0.1, 0.15) is 18.4 Å². The molecule has 2 heterocycles. The molecule has 8 heteroatoms. The van der Waals surface area contributed by atoms with E-state index in [-0.39, 0.29) is 26.2 Å². The van der Waals surface area contributed by atoms with E-state index in [9.17, 15) is 14.4 Å². The fraction of sp³-hybridized carbons (Fsp3) is 0.308. The summed E-state index contributed by atoms with van der Waals surface area (Å²) in [4.78, 5) is 38.5. The highest BCUT2D eigenvalue weighted by Crippen LogP contribution is 2.32. The number of benzene rings is 1. The molecular formula is C13H11NO7. The molecule has 0 radical (unpaired) electrons. The second-order valence-corrected chi connectivity index (χ2v) is 4.40. The number of hydrogen-bond donors (Lipinski definition) is 0. The van der Waals surface area contributed by atoms with E-state index in [0.717, 1.165) is 0 Å². The van der Waals surface area contributed by atoms with Crippen LogP contribution in [0.4, 0.5) is 4.79 Å². The molecule has 1 fully saturated rings. The van der Waals surface area contributed by atoms with Crippen molar-refractivity contribution in [3.8, 4) is 11.5 Å². The van der Waals surface area contributed by atoms with Gasteiger partial charge in [0.2, 0.25) is 6.79 Å². The Morgan fingerprint density at radius 1 is 1.14 bits per heavy atom. The predicted molar refractivity (Wildman–Crippen MR) is 64.9 cm³/mol. The first kappa shape index (κ1) is 13.2. The highest BCUT2D eigenvalue weighted by molar-refractivity contribution is 6.01. The van der Waals surface area contributed by atoms with Crippen LogP contribution in [0.15, 0.2) is 18.2 Å². The number of hydrogen-bond acceptors (Lipinski definition) is 7. The summed E-state index contributed by atoms with van der Waals surface area (Å²) in [6.45, 7) is 0.0760. The van der Waals surface area contributed by atoms with Crippen molar-refractivity contribution in [2.24, 2.45) is 0 Å². The SMILES string of the molecule is O=C(OCc1ccc2c(c1)OCO2)ON1C(=O)CCC1=O. The summed E-state index contributed by atoms with van der Waals surface area (Å²) >= 11 is 0. The van der Waals surface area contributed by atoms with E-state index in [2.05, 4.69) is 4.84 Å². The number of nitrogens with zero attached hydrogens (tertiary/aromatic N) is 1. The second-order valence-electron chi connectivity index (χ2n) is 4.40. The normalized spacial score (nSPS) is 16.3. The van der Waals surface area contributed by atoms with Crippen molar-refractivity contribution in [3.05, 3.63) is 23.8 Å². The van der Waals surface area contributed by atoms with Gasteiger partial charge in [0.15, 0.2) is 11.5 Å². The summed E-state index contributed by atoms with van der Waals surface area (Å²) in [5.41, 5.74) is 0.662. The van der Waals surface area contributed by atoms with E-state index in [4.69, 9.17) is 14.2 Å². The Hall–Kier alpha value is -2.77. The Kier molecular flexibility index (Phi) is 3.35. The van der Waals surface area contributed by atoms with Gasteiger partial charge in [-0.1, -0.05) is 11.1 Å². The number of carbonyl (C=O) groups excluding carboxylic acids is 3. The van der Waals surface area contributed by atoms with Crippen molar-refractivity contribution in [2.45, 2.75) is 19.4 Å². The van der Waals surface area contributed by atoms with Gasteiger partial charge in [-0.05, 0) is 17.7 Å². The van der Waals surface area contributed by atoms with E-state index < -0.39 is 18.0 Å². The zero-order valence-corrected chi connectivity index (χ0v) is 10.9. The molecule has 0 saturated carbocycles. The smallest absolute Gasteiger partial charge is 0.454 e. The lowest BCUT2D eigenvalue weighted by atomic mass is 10.2. The van der Waals surface area contributed by atoms with Crippen LogP contribution in [0.2, 0.25) is 0 Å². The predicted octanol–water partition coefficient (Wildman–Crippen LogP) is 1.13. The zero-order valence-electron chi connectivity index (χ0n) is 10.9. The summed E-state index contributed by atoms with van der Waals surface area (Å²) in [6.07, 6.45) is -1.04. The molecule has 3 rings (SSSR count). The van der Waals surface area contributed by atoms with Crippen LogP contribution >= 0.6 is 0 Å². The molecule has 0 spiro atoms. The Labute approximate surface area is 119 Å². The first-order valence-electron chi connectivity index (χ1n) is 6.22. The van der Waals surface area contributed by atoms with Crippen LogP contribution in [0.3, 0.4) is 0 Å². The largest absolute Gasteiger partial charge is 0.534 e. The summed E-state index contributed by atoms with van der Waals surface area (Å²) in [5, 5.41) is 0.433. The number of carbonyl (C=O) groups is 3. The number of fused-ring (bicyclic) bond motifs is 1. The van der Waals surface area contributed by atoms with Crippen molar-refractivity contribution in [3.63, 3.8) is 0 Å². The molecule has 0 unspecified atom stereocenters. The number of rotatable bonds is 3. The zero-order chi connectivity index (χ0) is 14.8. The fourth-order valence-corrected chi connectivity index (χ4v) is 1.93. The molecule has 2 aliphatic heterocycles. The Balaban J connectivity index is 1.54. The van der Waals surface area contributed by atoms with Crippen molar-refractivity contribution in [2.75, 3.05) is 6.79 Å². The number of hydroxylamine groups is 2. The minimum atomic E-state index is -1.11. The maximum atomic E-state index is 11.5. The number of imide groups is 1. The molecule has 8 nitrogen and oxygen atoms in total. The molecule has 21 heavy (non-hydrogen) atoms. The highest BCUT2D eigenvalue weighted by Gasteiger charge is 2.33. The van der Waals surface area contributed by atoms with Crippen LogP contribution < -0.4 is 9.47 Å². The van der Waals surface area contributed by atoms with E-state index in [1.807, 2.05) is 0 Å². The molecule has 0 atom stereocenters. The fourth-order valence-electron chi connectivity index (χ4n) is 1.93. The van der Waals surface area contributed by atoms with Gasteiger partial charge in [0.05, 0.1) is 0 Å². The van der Waals surface area contributed by atoms with Gasteiger partial charge < -0.3 is 14.2 Å². The van der Waals surface area contributed by atoms with Crippen LogP contribution in [-0.2, 0) is 25.8 Å². The third-order valence-electron chi connectivity index (χ3n) is 2.97. The minimum Gasteiger partial charge on any atom is -0.454 e. The molecule has 1 aromatic carbocycles. The lowest BCUT2D eigenvalue weighted by Gasteiger charge is -2.12. The Morgan fingerprint density at radius 2 is 1.86 bits per heavy atom. The van der Waals surface area contributed by atoms with Gasteiger partial charge >= 0.3 is 6.16 Å². The highest BCUT2D eigenvalue weighted by atomic mass is 16.8. The minimum absolute atomic E-state index is 0.0360. The van der Waals surface area contributed by atoms with E-state index in [1.165, 1.54) is 0 Å². The van der Waals surface area contributed by atoms with Crippen LogP contribution in [0.5, 0.6) is 11.5 Å². The van der Waals surface area contributed by atoms with Gasteiger partial charge in [-0.2, -0.15) is 0 Å². The molecule has 2 aliphatic rings. The molecular weight excluding hydrogens is 282 g/mol.